The highest BCUT2D eigenvalue weighted by atomic mass is 14.9. The van der Waals surface area contributed by atoms with E-state index in [-0.39, 0.29) is 0 Å². The topological polar surface area (TPSA) is 38.0 Å². The maximum atomic E-state index is 5.45. The van der Waals surface area contributed by atoms with E-state index in [9.17, 15) is 0 Å². The molecule has 90 valence electrons. The minimum absolute atomic E-state index is 0.556. The summed E-state index contributed by atoms with van der Waals surface area (Å²) in [5, 5.41) is 3.55. The molecular formula is C14H24N2. The van der Waals surface area contributed by atoms with Crippen LogP contribution in [0.1, 0.15) is 31.7 Å². The Hall–Kier alpha value is -0.860. The second kappa shape index (κ2) is 8.31. The van der Waals surface area contributed by atoms with E-state index in [4.69, 9.17) is 5.73 Å². The van der Waals surface area contributed by atoms with Gasteiger partial charge in [-0.2, -0.15) is 0 Å². The molecule has 0 fully saturated rings. The van der Waals surface area contributed by atoms with Gasteiger partial charge in [0.05, 0.1) is 0 Å². The largest absolute Gasteiger partial charge is 0.330 e. The van der Waals surface area contributed by atoms with Crippen LogP contribution in [-0.2, 0) is 6.42 Å². The fourth-order valence-electron chi connectivity index (χ4n) is 1.83. The Morgan fingerprint density at radius 2 is 1.88 bits per heavy atom. The van der Waals surface area contributed by atoms with Crippen LogP contribution in [0.15, 0.2) is 30.3 Å². The maximum absolute atomic E-state index is 5.45. The molecule has 1 unspecified atom stereocenters. The smallest absolute Gasteiger partial charge is 0.00791 e. The van der Waals surface area contributed by atoms with E-state index in [1.165, 1.54) is 18.4 Å². The molecule has 0 radical (unpaired) electrons. The number of nitrogens with two attached hydrogens (primary N) is 1. The standard InChI is InChI=1S/C14H24N2/c1-13(16-11-7-3-6-10-15)12-14-8-4-2-5-9-14/h2,4-5,8-9,13,16H,3,6-7,10-12,15H2,1H3. The highest BCUT2D eigenvalue weighted by Gasteiger charge is 2.01. The molecule has 0 saturated heterocycles. The Balaban J connectivity index is 2.09. The molecule has 0 aliphatic rings. The summed E-state index contributed by atoms with van der Waals surface area (Å²) < 4.78 is 0. The molecule has 0 heterocycles. The zero-order valence-corrected chi connectivity index (χ0v) is 10.3. The van der Waals surface area contributed by atoms with Crippen molar-refractivity contribution in [3.05, 3.63) is 35.9 Å². The molecule has 0 bridgehead atoms. The lowest BCUT2D eigenvalue weighted by Crippen LogP contribution is -2.29. The van der Waals surface area contributed by atoms with Gasteiger partial charge in [-0.05, 0) is 44.8 Å². The quantitative estimate of drug-likeness (QED) is 0.660. The molecular weight excluding hydrogens is 196 g/mol. The van der Waals surface area contributed by atoms with Crippen molar-refractivity contribution < 1.29 is 0 Å². The van der Waals surface area contributed by atoms with Gasteiger partial charge in [-0.3, -0.25) is 0 Å². The van der Waals surface area contributed by atoms with E-state index in [1.54, 1.807) is 0 Å². The lowest BCUT2D eigenvalue weighted by Gasteiger charge is -2.13. The first-order valence-electron chi connectivity index (χ1n) is 6.30. The van der Waals surface area contributed by atoms with Gasteiger partial charge in [-0.25, -0.2) is 0 Å². The van der Waals surface area contributed by atoms with Gasteiger partial charge in [-0.15, -0.1) is 0 Å². The first-order valence-corrected chi connectivity index (χ1v) is 6.30. The van der Waals surface area contributed by atoms with E-state index in [0.717, 1.165) is 25.9 Å². The third-order valence-electron chi connectivity index (χ3n) is 2.76. The SMILES string of the molecule is CC(Cc1ccccc1)NCCCCCN. The van der Waals surface area contributed by atoms with Crippen molar-refractivity contribution in [2.75, 3.05) is 13.1 Å². The van der Waals surface area contributed by atoms with E-state index < -0.39 is 0 Å². The van der Waals surface area contributed by atoms with Crippen molar-refractivity contribution in [1.82, 2.24) is 5.32 Å². The van der Waals surface area contributed by atoms with Crippen LogP contribution in [-0.4, -0.2) is 19.1 Å². The monoisotopic (exact) mass is 220 g/mol. The molecule has 1 rings (SSSR count). The normalized spacial score (nSPS) is 12.6. The lowest BCUT2D eigenvalue weighted by atomic mass is 10.1. The Morgan fingerprint density at radius 1 is 1.12 bits per heavy atom. The third-order valence-corrected chi connectivity index (χ3v) is 2.76. The predicted octanol–water partition coefficient (Wildman–Crippen LogP) is 2.34. The van der Waals surface area contributed by atoms with Crippen LogP contribution in [0.4, 0.5) is 0 Å². The van der Waals surface area contributed by atoms with Gasteiger partial charge >= 0.3 is 0 Å². The summed E-state index contributed by atoms with van der Waals surface area (Å²) in [6, 6.07) is 11.2. The molecule has 16 heavy (non-hydrogen) atoms. The summed E-state index contributed by atoms with van der Waals surface area (Å²) in [5.41, 5.74) is 6.86. The first-order chi connectivity index (χ1) is 7.83. The molecule has 3 N–H and O–H groups in total. The molecule has 0 aliphatic heterocycles. The van der Waals surface area contributed by atoms with Crippen LogP contribution in [0.5, 0.6) is 0 Å². The van der Waals surface area contributed by atoms with Crippen molar-refractivity contribution in [3.8, 4) is 0 Å². The highest BCUT2D eigenvalue weighted by molar-refractivity contribution is 5.15. The van der Waals surface area contributed by atoms with Crippen molar-refractivity contribution in [3.63, 3.8) is 0 Å². The minimum atomic E-state index is 0.556. The van der Waals surface area contributed by atoms with Crippen molar-refractivity contribution in [1.29, 1.82) is 0 Å². The van der Waals surface area contributed by atoms with Crippen LogP contribution in [0.2, 0.25) is 0 Å². The molecule has 2 nitrogen and oxygen atoms in total. The van der Waals surface area contributed by atoms with Crippen LogP contribution in [0.25, 0.3) is 0 Å². The summed E-state index contributed by atoms with van der Waals surface area (Å²) in [5.74, 6) is 0. The maximum Gasteiger partial charge on any atom is 0.00791 e. The Labute approximate surface area is 99.2 Å². The summed E-state index contributed by atoms with van der Waals surface area (Å²) >= 11 is 0. The zero-order valence-electron chi connectivity index (χ0n) is 10.3. The molecule has 2 heteroatoms. The second-order valence-electron chi connectivity index (χ2n) is 4.39. The molecule has 1 aromatic rings. The molecule has 1 aromatic carbocycles. The number of hydrogen-bond donors (Lipinski definition) is 2. The Bertz CT molecular complexity index is 259. The predicted molar refractivity (Wildman–Crippen MR) is 70.5 cm³/mol. The average Bonchev–Trinajstić information content (AvgIpc) is 2.30. The number of rotatable bonds is 8. The van der Waals surface area contributed by atoms with Gasteiger partial charge in [0, 0.05) is 6.04 Å². The number of unbranched alkanes of at least 4 members (excludes halogenated alkanes) is 2. The van der Waals surface area contributed by atoms with Crippen LogP contribution in [0, 0.1) is 0 Å². The molecule has 0 aliphatic carbocycles. The molecule has 0 saturated carbocycles. The van der Waals surface area contributed by atoms with Crippen molar-refractivity contribution in [2.24, 2.45) is 5.73 Å². The van der Waals surface area contributed by atoms with Crippen LogP contribution < -0.4 is 11.1 Å². The van der Waals surface area contributed by atoms with Gasteiger partial charge < -0.3 is 11.1 Å². The fourth-order valence-corrected chi connectivity index (χ4v) is 1.83. The Morgan fingerprint density at radius 3 is 2.56 bits per heavy atom. The van der Waals surface area contributed by atoms with Gasteiger partial charge in [0.1, 0.15) is 0 Å². The summed E-state index contributed by atoms with van der Waals surface area (Å²) in [4.78, 5) is 0. The van der Waals surface area contributed by atoms with E-state index in [1.807, 2.05) is 0 Å². The van der Waals surface area contributed by atoms with Crippen LogP contribution >= 0.6 is 0 Å². The third kappa shape index (κ3) is 5.89. The number of nitrogens with one attached hydrogen (secondary N) is 1. The first kappa shape index (κ1) is 13.2. The minimum Gasteiger partial charge on any atom is -0.330 e. The highest BCUT2D eigenvalue weighted by Crippen LogP contribution is 2.02. The zero-order chi connectivity index (χ0) is 11.6. The van der Waals surface area contributed by atoms with Crippen LogP contribution in [0.3, 0.4) is 0 Å². The summed E-state index contributed by atoms with van der Waals surface area (Å²) in [7, 11) is 0. The number of hydrogen-bond acceptors (Lipinski definition) is 2. The van der Waals surface area contributed by atoms with Crippen molar-refractivity contribution >= 4 is 0 Å². The van der Waals surface area contributed by atoms with Crippen molar-refractivity contribution in [2.45, 2.75) is 38.6 Å². The fraction of sp³-hybridized carbons (Fsp3) is 0.571. The second-order valence-corrected chi connectivity index (χ2v) is 4.39. The van der Waals surface area contributed by atoms with E-state index in [0.29, 0.717) is 6.04 Å². The summed E-state index contributed by atoms with van der Waals surface area (Å²) in [6.07, 6.45) is 4.73. The molecule has 0 aromatic heterocycles. The van der Waals surface area contributed by atoms with Gasteiger partial charge in [0.2, 0.25) is 0 Å². The molecule has 0 spiro atoms. The molecule has 1 atom stereocenters. The van der Waals surface area contributed by atoms with E-state index in [2.05, 4.69) is 42.6 Å². The summed E-state index contributed by atoms with van der Waals surface area (Å²) in [6.45, 7) is 4.17. The molecule has 0 amide bonds. The number of benzene rings is 1. The Kier molecular flexibility index (Phi) is 6.86. The van der Waals surface area contributed by atoms with Gasteiger partial charge in [0.25, 0.3) is 0 Å². The van der Waals surface area contributed by atoms with Gasteiger partial charge in [-0.1, -0.05) is 36.8 Å². The van der Waals surface area contributed by atoms with Gasteiger partial charge in [0.15, 0.2) is 0 Å². The van der Waals surface area contributed by atoms with E-state index >= 15 is 0 Å². The average molecular weight is 220 g/mol. The lowest BCUT2D eigenvalue weighted by molar-refractivity contribution is 0.520.